The van der Waals surface area contributed by atoms with Crippen LogP contribution in [0.5, 0.6) is 5.75 Å². The second-order valence-electron chi connectivity index (χ2n) is 14.2. The second-order valence-corrected chi connectivity index (χ2v) is 16.3. The maximum Gasteiger partial charge on any atom is 0.262 e. The number of rotatable bonds is 15. The van der Waals surface area contributed by atoms with Crippen molar-refractivity contribution in [3.8, 4) is 11.8 Å². The molecule has 1 aliphatic carbocycles. The molecule has 2 N–H and O–H groups in total. The first-order valence-electron chi connectivity index (χ1n) is 18.9. The molecule has 0 spiro atoms. The standard InChI is InChI=1S/C38H44N8O9S.CH4/c39-23-25-1-8-32-31(21-25)35(41-24-40-32)42-26-2-4-27(5-3-26)44-11-13-45(14-12-44)56(51,52)20-19-54-16-15-53-17-18-55-28-6-7-29-30(22-28)38(50)46(37(29)49)33-9-10-34(47)43-36(33)48;/h1,6-8,21-22,24,26-27,33H,2-5,9-20H2,(H,40,41,42)(H,43,47,48);1H4. The number of hydrogen-bond acceptors (Lipinski definition) is 14. The lowest BCUT2D eigenvalue weighted by atomic mass is 9.89. The molecule has 1 unspecified atom stereocenters. The molecule has 4 aliphatic rings. The Bertz CT molecular complexity index is 2130. The fraction of sp³-hybridized carbons (Fsp3) is 0.513. The molecule has 18 heteroatoms. The monoisotopic (exact) mass is 804 g/mol. The minimum atomic E-state index is -3.47. The molecule has 4 heterocycles. The number of nitriles is 1. The zero-order valence-electron chi connectivity index (χ0n) is 30.9. The van der Waals surface area contributed by atoms with Crippen molar-refractivity contribution in [3.05, 3.63) is 59.4 Å². The average Bonchev–Trinajstić information content (AvgIpc) is 3.45. The molecule has 3 aromatic rings. The first-order chi connectivity index (χ1) is 27.1. The molecule has 17 nitrogen and oxygen atoms in total. The number of imide groups is 2. The number of fused-ring (bicyclic) bond motifs is 2. The van der Waals surface area contributed by atoms with Crippen LogP contribution in [-0.2, 0) is 29.1 Å². The second kappa shape index (κ2) is 18.5. The first kappa shape index (κ1) is 41.6. The summed E-state index contributed by atoms with van der Waals surface area (Å²) in [7, 11) is -3.47. The number of nitrogens with one attached hydrogen (secondary N) is 2. The highest BCUT2D eigenvalue weighted by molar-refractivity contribution is 7.89. The highest BCUT2D eigenvalue weighted by atomic mass is 32.2. The van der Waals surface area contributed by atoms with Crippen LogP contribution in [0.15, 0.2) is 42.7 Å². The summed E-state index contributed by atoms with van der Waals surface area (Å²) in [5.41, 5.74) is 1.66. The van der Waals surface area contributed by atoms with Crippen molar-refractivity contribution in [2.75, 3.05) is 70.3 Å². The van der Waals surface area contributed by atoms with Crippen LogP contribution >= 0.6 is 0 Å². The number of aromatic nitrogens is 2. The van der Waals surface area contributed by atoms with Gasteiger partial charge in [0.15, 0.2) is 0 Å². The molecule has 1 atom stereocenters. The van der Waals surface area contributed by atoms with Gasteiger partial charge < -0.3 is 19.5 Å². The molecular weight excluding hydrogens is 757 g/mol. The van der Waals surface area contributed by atoms with Gasteiger partial charge in [-0.15, -0.1) is 0 Å². The highest BCUT2D eigenvalue weighted by Gasteiger charge is 2.44. The first-order valence-corrected chi connectivity index (χ1v) is 20.5. The van der Waals surface area contributed by atoms with Gasteiger partial charge in [0.2, 0.25) is 21.8 Å². The van der Waals surface area contributed by atoms with Crippen LogP contribution in [0, 0.1) is 11.3 Å². The van der Waals surface area contributed by atoms with Gasteiger partial charge in [0.05, 0.1) is 60.5 Å². The lowest BCUT2D eigenvalue weighted by Crippen LogP contribution is -2.54. The van der Waals surface area contributed by atoms with Crippen molar-refractivity contribution < 1.29 is 41.8 Å². The summed E-state index contributed by atoms with van der Waals surface area (Å²) in [6, 6.07) is 11.7. The lowest BCUT2D eigenvalue weighted by molar-refractivity contribution is -0.136. The number of hydrogen-bond donors (Lipinski definition) is 2. The molecule has 3 fully saturated rings. The van der Waals surface area contributed by atoms with E-state index in [1.54, 1.807) is 16.4 Å². The number of piperazine rings is 1. The minimum Gasteiger partial charge on any atom is -0.491 e. The topological polar surface area (TPSA) is 213 Å². The van der Waals surface area contributed by atoms with E-state index >= 15 is 0 Å². The van der Waals surface area contributed by atoms with Crippen LogP contribution in [0.25, 0.3) is 10.9 Å². The fourth-order valence-electron chi connectivity index (χ4n) is 7.74. The molecule has 1 aromatic heterocycles. The van der Waals surface area contributed by atoms with E-state index in [-0.39, 0.29) is 76.2 Å². The zero-order chi connectivity index (χ0) is 39.2. The Kier molecular flexibility index (Phi) is 13.5. The Balaban J connectivity index is 0.00000549. The van der Waals surface area contributed by atoms with Gasteiger partial charge in [-0.25, -0.2) is 18.4 Å². The Morgan fingerprint density at radius 3 is 2.30 bits per heavy atom. The van der Waals surface area contributed by atoms with E-state index in [4.69, 9.17) is 14.2 Å². The molecule has 4 amide bonds. The van der Waals surface area contributed by atoms with Crippen LogP contribution < -0.4 is 15.4 Å². The minimum absolute atomic E-state index is 0. The maximum absolute atomic E-state index is 13.0. The van der Waals surface area contributed by atoms with Crippen LogP contribution in [0.4, 0.5) is 5.82 Å². The molecule has 7 rings (SSSR count). The number of nitrogens with zero attached hydrogens (tertiary/aromatic N) is 6. The van der Waals surface area contributed by atoms with E-state index in [9.17, 15) is 32.9 Å². The molecule has 2 saturated heterocycles. The van der Waals surface area contributed by atoms with Gasteiger partial charge in [-0.3, -0.25) is 34.3 Å². The largest absolute Gasteiger partial charge is 0.491 e. The van der Waals surface area contributed by atoms with E-state index in [0.717, 1.165) is 47.3 Å². The number of benzene rings is 2. The van der Waals surface area contributed by atoms with Crippen molar-refractivity contribution in [2.24, 2.45) is 0 Å². The maximum atomic E-state index is 13.0. The van der Waals surface area contributed by atoms with Crippen molar-refractivity contribution in [1.82, 2.24) is 29.4 Å². The number of carbonyl (C=O) groups is 4. The molecule has 0 radical (unpaired) electrons. The fourth-order valence-corrected chi connectivity index (χ4v) is 9.05. The molecule has 3 aliphatic heterocycles. The van der Waals surface area contributed by atoms with Crippen molar-refractivity contribution in [1.29, 1.82) is 5.26 Å². The normalized spacial score (nSPS) is 21.8. The van der Waals surface area contributed by atoms with Crippen LogP contribution in [0.3, 0.4) is 0 Å². The van der Waals surface area contributed by atoms with Gasteiger partial charge in [-0.2, -0.15) is 9.57 Å². The van der Waals surface area contributed by atoms with E-state index in [1.165, 1.54) is 18.5 Å². The Morgan fingerprint density at radius 1 is 0.842 bits per heavy atom. The summed E-state index contributed by atoms with van der Waals surface area (Å²) in [5.74, 6) is -1.32. The molecular formula is C39H48N8O9S. The third-order valence-electron chi connectivity index (χ3n) is 10.8. The average molecular weight is 805 g/mol. The van der Waals surface area contributed by atoms with Crippen LogP contribution in [0.2, 0.25) is 0 Å². The SMILES string of the molecule is C.N#Cc1ccc2ncnc(NC3CCC(N4CCN(S(=O)(=O)CCOCCOCCOc5ccc6c(c5)C(=O)N(C5CCC(=O)NC5=O)C6=O)CC4)CC3)c2c1. The van der Waals surface area contributed by atoms with Crippen molar-refractivity contribution in [3.63, 3.8) is 0 Å². The number of piperidine rings is 1. The summed E-state index contributed by atoms with van der Waals surface area (Å²) in [6.45, 7) is 3.13. The molecule has 304 valence electrons. The highest BCUT2D eigenvalue weighted by Crippen LogP contribution is 2.31. The molecule has 1 saturated carbocycles. The van der Waals surface area contributed by atoms with Gasteiger partial charge in [-0.05, 0) is 68.5 Å². The number of sulfonamides is 1. The third kappa shape index (κ3) is 9.57. The molecule has 2 aromatic carbocycles. The Morgan fingerprint density at radius 2 is 1.56 bits per heavy atom. The number of anilines is 1. The predicted molar refractivity (Wildman–Crippen MR) is 208 cm³/mol. The quantitative estimate of drug-likeness (QED) is 0.167. The van der Waals surface area contributed by atoms with E-state index in [2.05, 4.69) is 31.6 Å². The number of amides is 4. The molecule has 57 heavy (non-hydrogen) atoms. The van der Waals surface area contributed by atoms with Gasteiger partial charge in [0.25, 0.3) is 11.8 Å². The molecule has 0 bridgehead atoms. The van der Waals surface area contributed by atoms with E-state index < -0.39 is 39.7 Å². The summed E-state index contributed by atoms with van der Waals surface area (Å²) < 4.78 is 44.4. The van der Waals surface area contributed by atoms with Crippen LogP contribution in [0.1, 0.15) is 72.2 Å². The van der Waals surface area contributed by atoms with Crippen molar-refractivity contribution in [2.45, 2.75) is 64.1 Å². The van der Waals surface area contributed by atoms with Gasteiger partial charge in [0, 0.05) is 50.1 Å². The van der Waals surface area contributed by atoms with Gasteiger partial charge in [-0.1, -0.05) is 7.43 Å². The number of ether oxygens (including phenoxy) is 3. The van der Waals surface area contributed by atoms with Gasteiger partial charge in [0.1, 0.15) is 30.5 Å². The number of carbonyl (C=O) groups excluding carboxylic acids is 4. The Labute approximate surface area is 331 Å². The van der Waals surface area contributed by atoms with E-state index in [1.807, 2.05) is 12.1 Å². The Hall–Kier alpha value is -5.06. The smallest absolute Gasteiger partial charge is 0.262 e. The third-order valence-corrected chi connectivity index (χ3v) is 12.6. The summed E-state index contributed by atoms with van der Waals surface area (Å²) in [4.78, 5) is 61.7. The predicted octanol–water partition coefficient (Wildman–Crippen LogP) is 2.32. The van der Waals surface area contributed by atoms with Crippen LogP contribution in [-0.4, -0.2) is 139 Å². The summed E-state index contributed by atoms with van der Waals surface area (Å²) >= 11 is 0. The van der Waals surface area contributed by atoms with Crippen molar-refractivity contribution >= 4 is 50.4 Å². The summed E-state index contributed by atoms with van der Waals surface area (Å²) in [5, 5.41) is 15.9. The zero-order valence-corrected chi connectivity index (χ0v) is 31.7. The lowest BCUT2D eigenvalue weighted by Gasteiger charge is -2.41. The van der Waals surface area contributed by atoms with Gasteiger partial charge >= 0.3 is 0 Å². The van der Waals surface area contributed by atoms with E-state index in [0.29, 0.717) is 43.5 Å². The summed E-state index contributed by atoms with van der Waals surface area (Å²) in [6.07, 6.45) is 5.60.